The second-order valence-corrected chi connectivity index (χ2v) is 4.38. The first-order valence-electron chi connectivity index (χ1n) is 5.85. The fourth-order valence-electron chi connectivity index (χ4n) is 2.50. The summed E-state index contributed by atoms with van der Waals surface area (Å²) in [4.78, 5) is 0. The van der Waals surface area contributed by atoms with E-state index >= 15 is 0 Å². The van der Waals surface area contributed by atoms with E-state index in [4.69, 9.17) is 0 Å². The molecule has 1 N–H and O–H groups in total. The predicted molar refractivity (Wildman–Crippen MR) is 67.2 cm³/mol. The van der Waals surface area contributed by atoms with E-state index in [-0.39, 0.29) is 0 Å². The number of benzene rings is 1. The third kappa shape index (κ3) is 1.19. The van der Waals surface area contributed by atoms with Gasteiger partial charge in [0.1, 0.15) is 0 Å². The molecule has 82 valence electrons. The van der Waals surface area contributed by atoms with Gasteiger partial charge in [0, 0.05) is 11.9 Å². The molecule has 1 aliphatic rings. The van der Waals surface area contributed by atoms with Gasteiger partial charge in [-0.15, -0.1) is 0 Å². The second-order valence-electron chi connectivity index (χ2n) is 4.38. The Labute approximate surface area is 95.9 Å². The molecular formula is C14H16N2. The van der Waals surface area contributed by atoms with Crippen LogP contribution in [-0.4, -0.2) is 4.57 Å². The van der Waals surface area contributed by atoms with Gasteiger partial charge in [0.15, 0.2) is 0 Å². The van der Waals surface area contributed by atoms with E-state index in [9.17, 15) is 0 Å². The number of fused-ring (bicyclic) bond motifs is 3. The number of hydrogen-bond donors (Lipinski definition) is 1. The third-order valence-electron chi connectivity index (χ3n) is 3.37. The highest BCUT2D eigenvalue weighted by atomic mass is 15.1. The van der Waals surface area contributed by atoms with Crippen molar-refractivity contribution in [3.8, 4) is 5.69 Å². The summed E-state index contributed by atoms with van der Waals surface area (Å²) in [7, 11) is 0. The van der Waals surface area contributed by atoms with Crippen LogP contribution in [0, 0.1) is 6.92 Å². The highest BCUT2D eigenvalue weighted by Gasteiger charge is 2.22. The smallest absolute Gasteiger partial charge is 0.0688 e. The Morgan fingerprint density at radius 3 is 2.94 bits per heavy atom. The van der Waals surface area contributed by atoms with Gasteiger partial charge in [-0.05, 0) is 37.1 Å². The van der Waals surface area contributed by atoms with E-state index in [1.54, 1.807) is 0 Å². The van der Waals surface area contributed by atoms with Crippen molar-refractivity contribution in [2.75, 3.05) is 5.32 Å². The molecule has 1 aromatic heterocycles. The van der Waals surface area contributed by atoms with Crippen LogP contribution in [0.5, 0.6) is 0 Å². The summed E-state index contributed by atoms with van der Waals surface area (Å²) >= 11 is 0. The molecule has 1 atom stereocenters. The van der Waals surface area contributed by atoms with E-state index in [0.717, 1.165) is 6.42 Å². The lowest BCUT2D eigenvalue weighted by atomic mass is 10.0. The minimum absolute atomic E-state index is 0.434. The summed E-state index contributed by atoms with van der Waals surface area (Å²) in [5, 5.41) is 3.64. The molecule has 3 rings (SSSR count). The maximum atomic E-state index is 3.64. The first-order valence-corrected chi connectivity index (χ1v) is 5.85. The maximum Gasteiger partial charge on any atom is 0.0688 e. The monoisotopic (exact) mass is 212 g/mol. The van der Waals surface area contributed by atoms with Gasteiger partial charge < -0.3 is 9.88 Å². The Kier molecular flexibility index (Phi) is 2.03. The molecule has 0 radical (unpaired) electrons. The summed E-state index contributed by atoms with van der Waals surface area (Å²) in [6, 6.07) is 11.2. The van der Waals surface area contributed by atoms with Crippen molar-refractivity contribution in [1.29, 1.82) is 0 Å². The molecule has 0 saturated heterocycles. The van der Waals surface area contributed by atoms with Crippen LogP contribution in [0.1, 0.15) is 30.6 Å². The van der Waals surface area contributed by atoms with Crippen LogP contribution in [0.2, 0.25) is 0 Å². The number of hydrogen-bond acceptors (Lipinski definition) is 1. The van der Waals surface area contributed by atoms with E-state index in [0.29, 0.717) is 6.04 Å². The standard InChI is InChI=1S/C14H16N2/c1-3-11-12-8-5-9-16(12)13-7-4-6-10(2)14(13)15-11/h4-9,11,15H,3H2,1-2H3/t11-/m0/s1. The molecule has 1 aliphatic heterocycles. The predicted octanol–water partition coefficient (Wildman–Crippen LogP) is 3.66. The number of aryl methyl sites for hydroxylation is 1. The Morgan fingerprint density at radius 2 is 2.12 bits per heavy atom. The summed E-state index contributed by atoms with van der Waals surface area (Å²) in [5.74, 6) is 0. The molecule has 16 heavy (non-hydrogen) atoms. The van der Waals surface area contributed by atoms with Crippen molar-refractivity contribution >= 4 is 5.69 Å². The number of aromatic nitrogens is 1. The van der Waals surface area contributed by atoms with Gasteiger partial charge in [-0.1, -0.05) is 19.1 Å². The second kappa shape index (κ2) is 3.41. The highest BCUT2D eigenvalue weighted by Crippen LogP contribution is 2.36. The van der Waals surface area contributed by atoms with E-state index in [1.165, 1.54) is 22.6 Å². The molecule has 1 aromatic carbocycles. The molecule has 0 amide bonds. The Morgan fingerprint density at radius 1 is 1.25 bits per heavy atom. The summed E-state index contributed by atoms with van der Waals surface area (Å²) < 4.78 is 2.30. The zero-order valence-corrected chi connectivity index (χ0v) is 9.70. The molecule has 2 heteroatoms. The van der Waals surface area contributed by atoms with E-state index < -0.39 is 0 Å². The van der Waals surface area contributed by atoms with Gasteiger partial charge in [0.25, 0.3) is 0 Å². The van der Waals surface area contributed by atoms with Crippen molar-refractivity contribution in [3.05, 3.63) is 47.8 Å². The maximum absolute atomic E-state index is 3.64. The van der Waals surface area contributed by atoms with Crippen LogP contribution in [0.25, 0.3) is 5.69 Å². The topological polar surface area (TPSA) is 17.0 Å². The fourth-order valence-corrected chi connectivity index (χ4v) is 2.50. The van der Waals surface area contributed by atoms with E-state index in [2.05, 4.69) is 60.3 Å². The zero-order valence-electron chi connectivity index (χ0n) is 9.70. The van der Waals surface area contributed by atoms with Gasteiger partial charge in [-0.2, -0.15) is 0 Å². The van der Waals surface area contributed by atoms with Crippen LogP contribution >= 0.6 is 0 Å². The SMILES string of the molecule is CC[C@@H]1Nc2c(C)cccc2-n2cccc21. The number of nitrogens with one attached hydrogen (secondary N) is 1. The first-order chi connectivity index (χ1) is 7.81. The molecule has 0 aliphatic carbocycles. The largest absolute Gasteiger partial charge is 0.375 e. The van der Waals surface area contributed by atoms with Crippen molar-refractivity contribution < 1.29 is 0 Å². The number of para-hydroxylation sites is 1. The van der Waals surface area contributed by atoms with Gasteiger partial charge in [0.2, 0.25) is 0 Å². The van der Waals surface area contributed by atoms with Crippen molar-refractivity contribution in [2.24, 2.45) is 0 Å². The number of rotatable bonds is 1. The molecular weight excluding hydrogens is 196 g/mol. The summed E-state index contributed by atoms with van der Waals surface area (Å²) in [6.45, 7) is 4.38. The van der Waals surface area contributed by atoms with Crippen molar-refractivity contribution in [3.63, 3.8) is 0 Å². The molecule has 2 aromatic rings. The van der Waals surface area contributed by atoms with Crippen LogP contribution < -0.4 is 5.32 Å². The van der Waals surface area contributed by atoms with Crippen LogP contribution in [0.3, 0.4) is 0 Å². The van der Waals surface area contributed by atoms with Gasteiger partial charge in [-0.3, -0.25) is 0 Å². The van der Waals surface area contributed by atoms with Crippen LogP contribution in [0.4, 0.5) is 5.69 Å². The lowest BCUT2D eigenvalue weighted by Crippen LogP contribution is -2.21. The normalized spacial score (nSPS) is 17.5. The molecule has 2 heterocycles. The zero-order chi connectivity index (χ0) is 11.1. The third-order valence-corrected chi connectivity index (χ3v) is 3.37. The molecule has 0 spiro atoms. The first kappa shape index (κ1) is 9.52. The van der Waals surface area contributed by atoms with Crippen LogP contribution in [0.15, 0.2) is 36.5 Å². The van der Waals surface area contributed by atoms with Gasteiger partial charge in [-0.25, -0.2) is 0 Å². The lowest BCUT2D eigenvalue weighted by Gasteiger charge is -2.29. The van der Waals surface area contributed by atoms with E-state index in [1.807, 2.05) is 0 Å². The molecule has 0 unspecified atom stereocenters. The van der Waals surface area contributed by atoms with Crippen LogP contribution in [-0.2, 0) is 0 Å². The van der Waals surface area contributed by atoms with Gasteiger partial charge >= 0.3 is 0 Å². The average molecular weight is 212 g/mol. The minimum atomic E-state index is 0.434. The average Bonchev–Trinajstić information content (AvgIpc) is 2.78. The fraction of sp³-hybridized carbons (Fsp3) is 0.286. The molecule has 0 bridgehead atoms. The molecule has 2 nitrogen and oxygen atoms in total. The van der Waals surface area contributed by atoms with Crippen molar-refractivity contribution in [2.45, 2.75) is 26.3 Å². The Balaban J connectivity index is 2.25. The Hall–Kier alpha value is -1.70. The highest BCUT2D eigenvalue weighted by molar-refractivity contribution is 5.69. The van der Waals surface area contributed by atoms with Gasteiger partial charge in [0.05, 0.1) is 17.4 Å². The number of anilines is 1. The summed E-state index contributed by atoms with van der Waals surface area (Å²) in [5.41, 5.74) is 5.22. The number of nitrogens with zero attached hydrogens (tertiary/aromatic N) is 1. The van der Waals surface area contributed by atoms with Crippen molar-refractivity contribution in [1.82, 2.24) is 4.57 Å². The molecule has 0 fully saturated rings. The quantitative estimate of drug-likeness (QED) is 0.763. The summed E-state index contributed by atoms with van der Waals surface area (Å²) in [6.07, 6.45) is 3.26. The molecule has 0 saturated carbocycles. The minimum Gasteiger partial charge on any atom is -0.375 e. The lowest BCUT2D eigenvalue weighted by molar-refractivity contribution is 0.685. The Bertz CT molecular complexity index is 525.